The van der Waals surface area contributed by atoms with Gasteiger partial charge in [-0.3, -0.25) is 4.79 Å². The maximum Gasteiger partial charge on any atom is 0.253 e. The number of rotatable bonds is 4. The number of sulfonamides is 1. The highest BCUT2D eigenvalue weighted by Gasteiger charge is 2.50. The lowest BCUT2D eigenvalue weighted by molar-refractivity contribution is 0.0833. The Balaban J connectivity index is 1.32. The Bertz CT molecular complexity index is 1280. The number of para-hydroxylation sites is 1. The van der Waals surface area contributed by atoms with Crippen molar-refractivity contribution in [3.63, 3.8) is 0 Å². The summed E-state index contributed by atoms with van der Waals surface area (Å²) in [5.41, 5.74) is 3.72. The summed E-state index contributed by atoms with van der Waals surface area (Å²) in [6, 6.07) is 14.9. The summed E-state index contributed by atoms with van der Waals surface area (Å²) < 4.78 is 29.7. The molecule has 5 rings (SSSR count). The van der Waals surface area contributed by atoms with E-state index in [9.17, 15) is 13.2 Å². The van der Waals surface area contributed by atoms with Gasteiger partial charge < -0.3 is 9.88 Å². The van der Waals surface area contributed by atoms with Gasteiger partial charge in [-0.1, -0.05) is 35.9 Å². The van der Waals surface area contributed by atoms with Crippen molar-refractivity contribution in [2.75, 3.05) is 13.1 Å². The van der Waals surface area contributed by atoms with E-state index >= 15 is 0 Å². The molecule has 2 heterocycles. The Kier molecular flexibility index (Phi) is 4.71. The van der Waals surface area contributed by atoms with Gasteiger partial charge in [0.25, 0.3) is 5.91 Å². The minimum atomic E-state index is -3.50. The molecule has 3 atom stereocenters. The van der Waals surface area contributed by atoms with Crippen LogP contribution in [0.4, 0.5) is 0 Å². The molecular formula is C24H27N3O3S. The van der Waals surface area contributed by atoms with Crippen LogP contribution in [0.15, 0.2) is 53.4 Å². The zero-order valence-corrected chi connectivity index (χ0v) is 18.8. The van der Waals surface area contributed by atoms with E-state index in [0.29, 0.717) is 29.5 Å². The van der Waals surface area contributed by atoms with Gasteiger partial charge in [0.1, 0.15) is 0 Å². The van der Waals surface area contributed by atoms with Gasteiger partial charge in [-0.05, 0) is 50.3 Å². The highest BCUT2D eigenvalue weighted by Crippen LogP contribution is 2.43. The molecule has 1 amide bonds. The van der Waals surface area contributed by atoms with Gasteiger partial charge in [0.05, 0.1) is 10.5 Å². The summed E-state index contributed by atoms with van der Waals surface area (Å²) in [5.74, 6) is 0.399. The molecule has 2 fully saturated rings. The van der Waals surface area contributed by atoms with E-state index in [2.05, 4.69) is 5.32 Å². The van der Waals surface area contributed by atoms with Crippen LogP contribution in [-0.4, -0.2) is 42.3 Å². The van der Waals surface area contributed by atoms with Gasteiger partial charge in [0.15, 0.2) is 0 Å². The van der Waals surface area contributed by atoms with Crippen molar-refractivity contribution in [2.24, 2.45) is 18.9 Å². The quantitative estimate of drug-likeness (QED) is 0.681. The summed E-state index contributed by atoms with van der Waals surface area (Å²) in [7, 11) is -1.53. The topological polar surface area (TPSA) is 71.4 Å². The maximum absolute atomic E-state index is 13.2. The number of benzene rings is 2. The minimum Gasteiger partial charge on any atom is -0.349 e. The van der Waals surface area contributed by atoms with Crippen LogP contribution in [0.25, 0.3) is 10.9 Å². The fraction of sp³-hybridized carbons (Fsp3) is 0.375. The molecule has 6 nitrogen and oxygen atoms in total. The lowest BCUT2D eigenvalue weighted by atomic mass is 9.71. The largest absolute Gasteiger partial charge is 0.349 e. The number of carbonyl (C=O) groups excluding carboxylic acids is 1. The third-order valence-corrected chi connectivity index (χ3v) is 8.98. The summed E-state index contributed by atoms with van der Waals surface area (Å²) in [5, 5.41) is 4.15. The second kappa shape index (κ2) is 7.21. The number of nitrogens with one attached hydrogen (secondary N) is 1. The zero-order chi connectivity index (χ0) is 21.9. The molecule has 31 heavy (non-hydrogen) atoms. The average molecular weight is 438 g/mol. The first-order valence-electron chi connectivity index (χ1n) is 10.7. The van der Waals surface area contributed by atoms with Crippen molar-refractivity contribution >= 4 is 26.8 Å². The predicted molar refractivity (Wildman–Crippen MR) is 120 cm³/mol. The number of aromatic nitrogens is 1. The van der Waals surface area contributed by atoms with Gasteiger partial charge in [-0.2, -0.15) is 4.31 Å². The van der Waals surface area contributed by atoms with Crippen molar-refractivity contribution in [1.29, 1.82) is 0 Å². The first kappa shape index (κ1) is 20.3. The lowest BCUT2D eigenvalue weighted by Crippen LogP contribution is -2.52. The van der Waals surface area contributed by atoms with E-state index in [0.717, 1.165) is 28.6 Å². The fourth-order valence-corrected chi connectivity index (χ4v) is 6.67. The zero-order valence-electron chi connectivity index (χ0n) is 18.0. The highest BCUT2D eigenvalue weighted by atomic mass is 32.2. The third kappa shape index (κ3) is 3.18. The third-order valence-electron chi connectivity index (χ3n) is 7.13. The Hall–Kier alpha value is -2.64. The molecule has 2 aromatic carbocycles. The molecule has 0 radical (unpaired) electrons. The monoisotopic (exact) mass is 437 g/mol. The molecule has 1 saturated heterocycles. The molecular weight excluding hydrogens is 410 g/mol. The standard InChI is InChI=1S/C24H27N3O3S/c1-15-8-10-18(11-9-15)31(29,30)27-13-17-12-21(20(17)14-27)25-24(28)23-16(2)26(3)22-7-5-4-6-19(22)23/h4-11,17,20-21H,12-14H2,1-3H3,(H,25,28)/t17-,20+,21+/m1/s1. The molecule has 7 heteroatoms. The number of carbonyl (C=O) groups is 1. The molecule has 162 valence electrons. The summed E-state index contributed by atoms with van der Waals surface area (Å²) in [6.45, 7) is 4.89. The molecule has 1 aromatic heterocycles. The smallest absolute Gasteiger partial charge is 0.253 e. The van der Waals surface area contributed by atoms with Crippen LogP contribution in [0, 0.1) is 25.7 Å². The molecule has 1 aliphatic heterocycles. The number of hydrogen-bond donors (Lipinski definition) is 1. The van der Waals surface area contributed by atoms with Crippen LogP contribution < -0.4 is 5.32 Å². The number of fused-ring (bicyclic) bond motifs is 2. The second-order valence-electron chi connectivity index (χ2n) is 8.91. The average Bonchev–Trinajstić information content (AvgIpc) is 3.22. The van der Waals surface area contributed by atoms with E-state index in [1.807, 2.05) is 61.9 Å². The molecule has 0 unspecified atom stereocenters. The van der Waals surface area contributed by atoms with Crippen LogP contribution in [0.3, 0.4) is 0 Å². The van der Waals surface area contributed by atoms with Crippen LogP contribution in [-0.2, 0) is 17.1 Å². The minimum absolute atomic E-state index is 0.00841. The molecule has 1 aliphatic carbocycles. The normalized spacial score (nSPS) is 23.5. The molecule has 0 bridgehead atoms. The first-order chi connectivity index (χ1) is 14.8. The number of amides is 1. The Labute approximate surface area is 182 Å². The predicted octanol–water partition coefficient (Wildman–Crippen LogP) is 3.23. The lowest BCUT2D eigenvalue weighted by Gasteiger charge is -2.39. The van der Waals surface area contributed by atoms with E-state index < -0.39 is 10.0 Å². The molecule has 3 aromatic rings. The Morgan fingerprint density at radius 1 is 1.03 bits per heavy atom. The molecule has 2 aliphatic rings. The van der Waals surface area contributed by atoms with E-state index in [1.54, 1.807) is 16.4 Å². The van der Waals surface area contributed by atoms with Crippen LogP contribution in [0.2, 0.25) is 0 Å². The van der Waals surface area contributed by atoms with Gasteiger partial charge >= 0.3 is 0 Å². The first-order valence-corrected chi connectivity index (χ1v) is 12.1. The van der Waals surface area contributed by atoms with Crippen LogP contribution >= 0.6 is 0 Å². The van der Waals surface area contributed by atoms with Crippen molar-refractivity contribution in [3.8, 4) is 0 Å². The van der Waals surface area contributed by atoms with Gasteiger partial charge in [0.2, 0.25) is 10.0 Å². The fourth-order valence-electron chi connectivity index (χ4n) is 5.14. The summed E-state index contributed by atoms with van der Waals surface area (Å²) in [6.07, 6.45) is 0.820. The number of hydrogen-bond acceptors (Lipinski definition) is 3. The van der Waals surface area contributed by atoms with Crippen LogP contribution in [0.5, 0.6) is 0 Å². The molecule has 1 saturated carbocycles. The van der Waals surface area contributed by atoms with Crippen molar-refractivity contribution < 1.29 is 13.2 Å². The van der Waals surface area contributed by atoms with Gasteiger partial charge in [-0.15, -0.1) is 0 Å². The number of aryl methyl sites for hydroxylation is 2. The molecule has 1 N–H and O–H groups in total. The van der Waals surface area contributed by atoms with Crippen molar-refractivity contribution in [1.82, 2.24) is 14.2 Å². The van der Waals surface area contributed by atoms with E-state index in [-0.39, 0.29) is 17.9 Å². The molecule has 0 spiro atoms. The van der Waals surface area contributed by atoms with Crippen LogP contribution in [0.1, 0.15) is 28.0 Å². The van der Waals surface area contributed by atoms with Crippen molar-refractivity contribution in [2.45, 2.75) is 31.2 Å². The van der Waals surface area contributed by atoms with E-state index in [4.69, 9.17) is 0 Å². The Morgan fingerprint density at radius 2 is 1.74 bits per heavy atom. The second-order valence-corrected chi connectivity index (χ2v) is 10.8. The SMILES string of the molecule is Cc1ccc(S(=O)(=O)N2C[C@H]3C[C@H](NC(=O)c4c(C)n(C)c5ccccc45)[C@H]3C2)cc1. The van der Waals surface area contributed by atoms with Gasteiger partial charge in [0, 0.05) is 42.8 Å². The highest BCUT2D eigenvalue weighted by molar-refractivity contribution is 7.89. The number of nitrogens with zero attached hydrogens (tertiary/aromatic N) is 2. The summed E-state index contributed by atoms with van der Waals surface area (Å²) in [4.78, 5) is 13.5. The van der Waals surface area contributed by atoms with E-state index in [1.165, 1.54) is 0 Å². The maximum atomic E-state index is 13.2. The summed E-state index contributed by atoms with van der Waals surface area (Å²) >= 11 is 0. The Morgan fingerprint density at radius 3 is 2.48 bits per heavy atom. The van der Waals surface area contributed by atoms with Crippen molar-refractivity contribution in [3.05, 3.63) is 65.4 Å². The van der Waals surface area contributed by atoms with Gasteiger partial charge in [-0.25, -0.2) is 8.42 Å².